The summed E-state index contributed by atoms with van der Waals surface area (Å²) in [4.78, 5) is 12.7. The number of allylic oxidation sites excluding steroid dienone is 1. The Balaban J connectivity index is 1.82. The molecule has 0 radical (unpaired) electrons. The van der Waals surface area contributed by atoms with Gasteiger partial charge in [0, 0.05) is 44.4 Å². The summed E-state index contributed by atoms with van der Waals surface area (Å²) in [6, 6.07) is 16.7. The van der Waals surface area contributed by atoms with E-state index in [1.165, 1.54) is 0 Å². The van der Waals surface area contributed by atoms with Gasteiger partial charge in [-0.15, -0.1) is 0 Å². The number of anilines is 1. The quantitative estimate of drug-likeness (QED) is 0.283. The predicted octanol–water partition coefficient (Wildman–Crippen LogP) is 8.16. The summed E-state index contributed by atoms with van der Waals surface area (Å²) < 4.78 is 11.9. The Morgan fingerprint density at radius 3 is 2.55 bits per heavy atom. The highest BCUT2D eigenvalue weighted by Crippen LogP contribution is 2.42. The Kier molecular flexibility index (Phi) is 6.77. The van der Waals surface area contributed by atoms with Crippen molar-refractivity contribution in [2.45, 2.75) is 20.8 Å². The van der Waals surface area contributed by atoms with E-state index < -0.39 is 0 Å². The molecule has 0 bridgehead atoms. The van der Waals surface area contributed by atoms with Crippen molar-refractivity contribution in [3.05, 3.63) is 88.1 Å². The first-order valence-electron chi connectivity index (χ1n) is 10.6. The van der Waals surface area contributed by atoms with Gasteiger partial charge in [-0.3, -0.25) is 4.79 Å². The number of aryl methyl sites for hydroxylation is 1. The molecular formula is C27H23Cl2NO3. The van der Waals surface area contributed by atoms with Crippen LogP contribution in [0.15, 0.2) is 71.4 Å². The number of halogens is 2. The second-order valence-corrected chi connectivity index (χ2v) is 8.49. The van der Waals surface area contributed by atoms with Crippen LogP contribution in [0.4, 0.5) is 5.69 Å². The van der Waals surface area contributed by atoms with E-state index in [9.17, 15) is 4.79 Å². The lowest BCUT2D eigenvalue weighted by Gasteiger charge is -2.15. The number of amides is 1. The zero-order valence-electron chi connectivity index (χ0n) is 18.5. The fourth-order valence-electron chi connectivity index (χ4n) is 3.83. The van der Waals surface area contributed by atoms with Crippen molar-refractivity contribution in [2.75, 3.05) is 11.9 Å². The zero-order valence-corrected chi connectivity index (χ0v) is 20.1. The molecule has 168 valence electrons. The van der Waals surface area contributed by atoms with Gasteiger partial charge in [0.1, 0.15) is 11.3 Å². The predicted molar refractivity (Wildman–Crippen MR) is 136 cm³/mol. The van der Waals surface area contributed by atoms with Gasteiger partial charge < -0.3 is 14.5 Å². The monoisotopic (exact) mass is 479 g/mol. The Labute approximate surface area is 202 Å². The van der Waals surface area contributed by atoms with E-state index in [0.717, 1.165) is 38.9 Å². The Hall–Kier alpha value is -3.21. The third kappa shape index (κ3) is 4.77. The van der Waals surface area contributed by atoms with E-state index in [0.29, 0.717) is 28.0 Å². The lowest BCUT2D eigenvalue weighted by Crippen LogP contribution is -2.08. The third-order valence-electron chi connectivity index (χ3n) is 5.37. The smallest absolute Gasteiger partial charge is 0.248 e. The van der Waals surface area contributed by atoms with Crippen LogP contribution in [0.3, 0.4) is 0 Å². The number of rotatable bonds is 6. The van der Waals surface area contributed by atoms with Crippen LogP contribution >= 0.6 is 23.2 Å². The van der Waals surface area contributed by atoms with Crippen molar-refractivity contribution in [1.82, 2.24) is 0 Å². The Bertz CT molecular complexity index is 1360. The fraction of sp³-hybridized carbons (Fsp3) is 0.148. The molecule has 1 N–H and O–H groups in total. The number of furan rings is 1. The van der Waals surface area contributed by atoms with Crippen LogP contribution in [0.2, 0.25) is 10.0 Å². The average molecular weight is 480 g/mol. The molecule has 0 saturated heterocycles. The average Bonchev–Trinajstić information content (AvgIpc) is 3.20. The molecule has 0 aliphatic carbocycles. The SMILES string of the molecule is CCOc1c(/C(C)=C/C(=O)Nc2ccccc2)cc2c(-c3ccc(Cl)cc3Cl)coc2c1C. The van der Waals surface area contributed by atoms with Gasteiger partial charge in [-0.05, 0) is 56.7 Å². The molecule has 4 nitrogen and oxygen atoms in total. The van der Waals surface area contributed by atoms with E-state index in [1.807, 2.05) is 63.2 Å². The van der Waals surface area contributed by atoms with Crippen molar-refractivity contribution < 1.29 is 13.9 Å². The topological polar surface area (TPSA) is 51.5 Å². The van der Waals surface area contributed by atoms with Crippen LogP contribution in [-0.2, 0) is 4.79 Å². The van der Waals surface area contributed by atoms with Gasteiger partial charge in [-0.25, -0.2) is 0 Å². The van der Waals surface area contributed by atoms with Crippen LogP contribution in [0, 0.1) is 6.92 Å². The lowest BCUT2D eigenvalue weighted by atomic mass is 9.96. The molecule has 4 aromatic rings. The largest absolute Gasteiger partial charge is 0.493 e. The number of benzene rings is 3. The van der Waals surface area contributed by atoms with E-state index in [-0.39, 0.29) is 5.91 Å². The van der Waals surface area contributed by atoms with Crippen molar-refractivity contribution in [3.63, 3.8) is 0 Å². The van der Waals surface area contributed by atoms with E-state index >= 15 is 0 Å². The van der Waals surface area contributed by atoms with Crippen LogP contribution < -0.4 is 10.1 Å². The Morgan fingerprint density at radius 2 is 1.85 bits per heavy atom. The number of hydrogen-bond donors (Lipinski definition) is 1. The van der Waals surface area contributed by atoms with Crippen molar-refractivity contribution in [1.29, 1.82) is 0 Å². The summed E-state index contributed by atoms with van der Waals surface area (Å²) >= 11 is 12.6. The molecule has 1 heterocycles. The number of carbonyl (C=O) groups is 1. The summed E-state index contributed by atoms with van der Waals surface area (Å²) in [5.41, 5.74) is 5.56. The molecule has 1 amide bonds. The van der Waals surface area contributed by atoms with E-state index in [1.54, 1.807) is 24.5 Å². The number of hydrogen-bond acceptors (Lipinski definition) is 3. The standard InChI is InChI=1S/C27H23Cl2NO3/c1-4-32-26-17(3)27-22(23(15-33-27)20-11-10-18(28)13-24(20)29)14-21(26)16(2)12-25(31)30-19-8-6-5-7-9-19/h5-15H,4H2,1-3H3,(H,30,31)/b16-12+. The molecule has 0 unspecified atom stereocenters. The fourth-order valence-corrected chi connectivity index (χ4v) is 4.34. The number of ether oxygens (including phenoxy) is 1. The van der Waals surface area contributed by atoms with Crippen LogP contribution in [0.5, 0.6) is 5.75 Å². The number of para-hydroxylation sites is 1. The maximum absolute atomic E-state index is 12.7. The maximum Gasteiger partial charge on any atom is 0.248 e. The number of carbonyl (C=O) groups excluding carboxylic acids is 1. The maximum atomic E-state index is 12.7. The minimum atomic E-state index is -0.216. The van der Waals surface area contributed by atoms with Crippen LogP contribution in [0.25, 0.3) is 27.7 Å². The molecule has 0 saturated carbocycles. The number of fused-ring (bicyclic) bond motifs is 1. The highest BCUT2D eigenvalue weighted by Gasteiger charge is 2.20. The number of nitrogens with one attached hydrogen (secondary N) is 1. The van der Waals surface area contributed by atoms with Crippen molar-refractivity contribution in [3.8, 4) is 16.9 Å². The molecule has 0 aliphatic heterocycles. The summed E-state index contributed by atoms with van der Waals surface area (Å²) in [5, 5.41) is 4.87. The summed E-state index contributed by atoms with van der Waals surface area (Å²) in [6.07, 6.45) is 3.26. The molecule has 4 rings (SSSR count). The van der Waals surface area contributed by atoms with Crippen LogP contribution in [-0.4, -0.2) is 12.5 Å². The van der Waals surface area contributed by atoms with Gasteiger partial charge in [-0.2, -0.15) is 0 Å². The molecule has 0 spiro atoms. The van der Waals surface area contributed by atoms with E-state index in [4.69, 9.17) is 32.4 Å². The summed E-state index contributed by atoms with van der Waals surface area (Å²) in [7, 11) is 0. The molecule has 3 aromatic carbocycles. The first kappa shape index (κ1) is 23.0. The summed E-state index contributed by atoms with van der Waals surface area (Å²) in [5.74, 6) is 0.474. The van der Waals surface area contributed by atoms with Gasteiger partial charge in [0.05, 0.1) is 17.9 Å². The highest BCUT2D eigenvalue weighted by molar-refractivity contribution is 6.36. The van der Waals surface area contributed by atoms with Gasteiger partial charge in [-0.1, -0.05) is 47.5 Å². The molecule has 0 aliphatic rings. The van der Waals surface area contributed by atoms with Crippen molar-refractivity contribution in [2.24, 2.45) is 0 Å². The first-order valence-corrected chi connectivity index (χ1v) is 11.3. The second-order valence-electron chi connectivity index (χ2n) is 7.64. The van der Waals surface area contributed by atoms with Gasteiger partial charge in [0.15, 0.2) is 0 Å². The minimum absolute atomic E-state index is 0.216. The zero-order chi connectivity index (χ0) is 23.5. The Morgan fingerprint density at radius 1 is 1.09 bits per heavy atom. The van der Waals surface area contributed by atoms with Gasteiger partial charge in [0.2, 0.25) is 5.91 Å². The second kappa shape index (κ2) is 9.74. The molecular weight excluding hydrogens is 457 g/mol. The van der Waals surface area contributed by atoms with Crippen molar-refractivity contribution >= 4 is 51.3 Å². The molecule has 0 atom stereocenters. The molecule has 1 aromatic heterocycles. The van der Waals surface area contributed by atoms with E-state index in [2.05, 4.69) is 5.32 Å². The van der Waals surface area contributed by atoms with Crippen LogP contribution in [0.1, 0.15) is 25.0 Å². The molecule has 6 heteroatoms. The van der Waals surface area contributed by atoms with Gasteiger partial charge in [0.25, 0.3) is 0 Å². The van der Waals surface area contributed by atoms with Gasteiger partial charge >= 0.3 is 0 Å². The minimum Gasteiger partial charge on any atom is -0.493 e. The first-order chi connectivity index (χ1) is 15.9. The molecule has 0 fully saturated rings. The molecule has 33 heavy (non-hydrogen) atoms. The highest BCUT2D eigenvalue weighted by atomic mass is 35.5. The third-order valence-corrected chi connectivity index (χ3v) is 5.92. The normalized spacial score (nSPS) is 11.6. The summed E-state index contributed by atoms with van der Waals surface area (Å²) in [6.45, 7) is 6.25. The lowest BCUT2D eigenvalue weighted by molar-refractivity contribution is -0.111.